The molecule has 0 unspecified atom stereocenters. The summed E-state index contributed by atoms with van der Waals surface area (Å²) >= 11 is 3.47. The number of nitrogens with zero attached hydrogens (tertiary/aromatic N) is 1. The maximum atomic E-state index is 12.0. The Hall–Kier alpha value is -1.33. The third kappa shape index (κ3) is 3.86. The summed E-state index contributed by atoms with van der Waals surface area (Å²) in [5.74, 6) is 0.144. The fourth-order valence-electron chi connectivity index (χ4n) is 2.26. The van der Waals surface area contributed by atoms with Crippen molar-refractivity contribution in [3.63, 3.8) is 0 Å². The number of halogens is 1. The van der Waals surface area contributed by atoms with Crippen molar-refractivity contribution in [3.05, 3.63) is 33.5 Å². The molecule has 0 bridgehead atoms. The van der Waals surface area contributed by atoms with Crippen LogP contribution >= 0.6 is 15.9 Å². The van der Waals surface area contributed by atoms with Crippen LogP contribution in [0.2, 0.25) is 0 Å². The molecule has 1 aromatic rings. The van der Waals surface area contributed by atoms with Crippen molar-refractivity contribution in [1.82, 2.24) is 0 Å². The molecule has 1 aliphatic rings. The average molecular weight is 355 g/mol. The maximum Gasteiger partial charge on any atom is 0.243 e. The van der Waals surface area contributed by atoms with Crippen molar-refractivity contribution in [2.45, 2.75) is 40.2 Å². The van der Waals surface area contributed by atoms with E-state index in [9.17, 15) is 9.90 Å². The van der Waals surface area contributed by atoms with E-state index in [1.54, 1.807) is 17.9 Å². The summed E-state index contributed by atoms with van der Waals surface area (Å²) in [5, 5.41) is 9.52. The third-order valence-electron chi connectivity index (χ3n) is 3.32. The highest BCUT2D eigenvalue weighted by molar-refractivity contribution is 9.10. The molecule has 2 rings (SSSR count). The number of rotatable bonds is 2. The van der Waals surface area contributed by atoms with Crippen LogP contribution in [0.4, 0.5) is 5.69 Å². The van der Waals surface area contributed by atoms with E-state index in [-0.39, 0.29) is 11.7 Å². The molecule has 21 heavy (non-hydrogen) atoms. The van der Waals surface area contributed by atoms with Crippen molar-refractivity contribution >= 4 is 33.6 Å². The van der Waals surface area contributed by atoms with Crippen LogP contribution in [-0.2, 0) is 4.79 Å². The first-order valence-corrected chi connectivity index (χ1v) is 7.94. The van der Waals surface area contributed by atoms with Gasteiger partial charge < -0.3 is 15.7 Å². The van der Waals surface area contributed by atoms with E-state index in [2.05, 4.69) is 15.9 Å². The third-order valence-corrected chi connectivity index (χ3v) is 4.18. The molecule has 5 heteroatoms. The molecule has 1 aromatic carbocycles. The molecule has 0 spiro atoms. The normalized spacial score (nSPS) is 18.6. The first kappa shape index (κ1) is 17.7. The Bertz CT molecular complexity index is 551. The Morgan fingerprint density at radius 3 is 2.57 bits per heavy atom. The number of nitrogens with two attached hydrogens (primary N) is 1. The Kier molecular flexibility index (Phi) is 6.42. The van der Waals surface area contributed by atoms with Crippen LogP contribution in [-0.4, -0.2) is 23.6 Å². The first-order chi connectivity index (χ1) is 9.91. The fraction of sp³-hybridized carbons (Fsp3) is 0.438. The SMILES string of the molecule is C/C(O)=C\c1c(N2CC[C@@H](N)C2=O)ccc(Br)c1C.CC. The van der Waals surface area contributed by atoms with Gasteiger partial charge in [0.25, 0.3) is 0 Å². The van der Waals surface area contributed by atoms with Gasteiger partial charge in [0, 0.05) is 16.6 Å². The number of benzene rings is 1. The van der Waals surface area contributed by atoms with Crippen LogP contribution < -0.4 is 10.6 Å². The summed E-state index contributed by atoms with van der Waals surface area (Å²) in [6.07, 6.45) is 2.34. The molecular formula is C16H23BrN2O2. The minimum absolute atomic E-state index is 0.0630. The van der Waals surface area contributed by atoms with Gasteiger partial charge in [-0.25, -0.2) is 0 Å². The van der Waals surface area contributed by atoms with Crippen LogP contribution in [0, 0.1) is 6.92 Å². The summed E-state index contributed by atoms with van der Waals surface area (Å²) in [4.78, 5) is 13.7. The summed E-state index contributed by atoms with van der Waals surface area (Å²) in [7, 11) is 0. The molecule has 1 amide bonds. The van der Waals surface area contributed by atoms with E-state index in [0.717, 1.165) is 21.3 Å². The minimum Gasteiger partial charge on any atom is -0.513 e. The summed E-state index contributed by atoms with van der Waals surface area (Å²) in [6, 6.07) is 3.36. The Labute approximate surface area is 134 Å². The number of aliphatic hydroxyl groups excluding tert-OH is 1. The number of aliphatic hydroxyl groups is 1. The molecule has 116 valence electrons. The quantitative estimate of drug-likeness (QED) is 0.794. The molecular weight excluding hydrogens is 332 g/mol. The van der Waals surface area contributed by atoms with Gasteiger partial charge in [-0.15, -0.1) is 0 Å². The minimum atomic E-state index is -0.420. The van der Waals surface area contributed by atoms with Crippen LogP contribution in [0.25, 0.3) is 6.08 Å². The summed E-state index contributed by atoms with van der Waals surface area (Å²) in [6.45, 7) is 8.18. The number of amides is 1. The van der Waals surface area contributed by atoms with Gasteiger partial charge in [-0.1, -0.05) is 29.8 Å². The highest BCUT2D eigenvalue weighted by Gasteiger charge is 2.31. The van der Waals surface area contributed by atoms with Crippen molar-refractivity contribution in [2.75, 3.05) is 11.4 Å². The lowest BCUT2D eigenvalue weighted by molar-refractivity contribution is -0.118. The fourth-order valence-corrected chi connectivity index (χ4v) is 2.60. The molecule has 4 nitrogen and oxygen atoms in total. The van der Waals surface area contributed by atoms with E-state index in [1.807, 2.05) is 32.9 Å². The molecule has 1 saturated heterocycles. The molecule has 1 aliphatic heterocycles. The van der Waals surface area contributed by atoms with E-state index >= 15 is 0 Å². The molecule has 1 atom stereocenters. The molecule has 3 N–H and O–H groups in total. The first-order valence-electron chi connectivity index (χ1n) is 7.15. The van der Waals surface area contributed by atoms with Gasteiger partial charge in [0.2, 0.25) is 5.91 Å². The van der Waals surface area contributed by atoms with Crippen LogP contribution in [0.1, 0.15) is 38.3 Å². The van der Waals surface area contributed by atoms with E-state index in [4.69, 9.17) is 5.73 Å². The van der Waals surface area contributed by atoms with E-state index in [0.29, 0.717) is 13.0 Å². The van der Waals surface area contributed by atoms with Crippen LogP contribution in [0.3, 0.4) is 0 Å². The number of carbonyl (C=O) groups excluding carboxylic acids is 1. The van der Waals surface area contributed by atoms with Crippen LogP contribution in [0.5, 0.6) is 0 Å². The van der Waals surface area contributed by atoms with Crippen molar-refractivity contribution in [2.24, 2.45) is 5.73 Å². The highest BCUT2D eigenvalue weighted by atomic mass is 79.9. The second-order valence-corrected chi connectivity index (χ2v) is 5.63. The Balaban J connectivity index is 0.00000106. The zero-order chi connectivity index (χ0) is 16.2. The zero-order valence-electron chi connectivity index (χ0n) is 13.0. The van der Waals surface area contributed by atoms with E-state index in [1.165, 1.54) is 0 Å². The van der Waals surface area contributed by atoms with Crippen LogP contribution in [0.15, 0.2) is 22.4 Å². The van der Waals surface area contributed by atoms with Crippen molar-refractivity contribution < 1.29 is 9.90 Å². The zero-order valence-corrected chi connectivity index (χ0v) is 14.6. The van der Waals surface area contributed by atoms with Crippen molar-refractivity contribution in [1.29, 1.82) is 0 Å². The number of anilines is 1. The van der Waals surface area contributed by atoms with Gasteiger partial charge in [0.05, 0.1) is 17.5 Å². The second kappa shape index (κ2) is 7.61. The van der Waals surface area contributed by atoms with E-state index < -0.39 is 6.04 Å². The molecule has 0 radical (unpaired) electrons. The molecule has 1 fully saturated rings. The van der Waals surface area contributed by atoms with Gasteiger partial charge in [0.1, 0.15) is 0 Å². The maximum absolute atomic E-state index is 12.0. The Morgan fingerprint density at radius 1 is 1.48 bits per heavy atom. The van der Waals surface area contributed by atoms with Crippen molar-refractivity contribution in [3.8, 4) is 0 Å². The number of allylic oxidation sites excluding steroid dienone is 1. The number of hydrogen-bond acceptors (Lipinski definition) is 3. The van der Waals surface area contributed by atoms with Gasteiger partial charge >= 0.3 is 0 Å². The standard InChI is InChI=1S/C14H17BrN2O2.C2H6/c1-8(18)7-10-9(2)11(15)3-4-13(10)17-6-5-12(16)14(17)19;1-2/h3-4,7,12,18H,5-6,16H2,1-2H3;1-2H3/b8-7+;/t12-;/m1./s1. The largest absolute Gasteiger partial charge is 0.513 e. The molecule has 0 aliphatic carbocycles. The smallest absolute Gasteiger partial charge is 0.243 e. The molecule has 0 aromatic heterocycles. The number of hydrogen-bond donors (Lipinski definition) is 2. The molecule has 0 saturated carbocycles. The lowest BCUT2D eigenvalue weighted by atomic mass is 10.0. The second-order valence-electron chi connectivity index (χ2n) is 4.78. The molecule has 1 heterocycles. The summed E-state index contributed by atoms with van der Waals surface area (Å²) in [5.41, 5.74) is 8.39. The van der Waals surface area contributed by atoms with Gasteiger partial charge in [-0.05, 0) is 44.0 Å². The van der Waals surface area contributed by atoms with Gasteiger partial charge in [-0.3, -0.25) is 4.79 Å². The average Bonchev–Trinajstić information content (AvgIpc) is 2.78. The lowest BCUT2D eigenvalue weighted by Crippen LogP contribution is -2.34. The van der Waals surface area contributed by atoms with Gasteiger partial charge in [-0.2, -0.15) is 0 Å². The summed E-state index contributed by atoms with van der Waals surface area (Å²) < 4.78 is 0.944. The predicted octanol–water partition coefficient (Wildman–Crippen LogP) is 3.77. The lowest BCUT2D eigenvalue weighted by Gasteiger charge is -2.21. The predicted molar refractivity (Wildman–Crippen MR) is 91.5 cm³/mol. The topological polar surface area (TPSA) is 66.6 Å². The monoisotopic (exact) mass is 354 g/mol. The number of carbonyl (C=O) groups is 1. The van der Waals surface area contributed by atoms with Gasteiger partial charge in [0.15, 0.2) is 0 Å². The highest BCUT2D eigenvalue weighted by Crippen LogP contribution is 2.33. The Morgan fingerprint density at radius 2 is 2.10 bits per heavy atom.